The van der Waals surface area contributed by atoms with Crippen molar-refractivity contribution in [3.8, 4) is 0 Å². The number of thiophene rings is 1. The van der Waals surface area contributed by atoms with Crippen molar-refractivity contribution in [2.24, 2.45) is 5.73 Å². The highest BCUT2D eigenvalue weighted by atomic mass is 32.1. The lowest BCUT2D eigenvalue weighted by Crippen LogP contribution is -2.20. The largest absolute Gasteiger partial charge is 0.324 e. The fourth-order valence-electron chi connectivity index (χ4n) is 5.35. The van der Waals surface area contributed by atoms with Gasteiger partial charge in [-0.15, -0.1) is 11.3 Å². The van der Waals surface area contributed by atoms with E-state index >= 15 is 0 Å². The molecule has 0 spiro atoms. The van der Waals surface area contributed by atoms with E-state index in [2.05, 4.69) is 108 Å². The van der Waals surface area contributed by atoms with Gasteiger partial charge in [-0.2, -0.15) is 0 Å². The number of hydrogen-bond acceptors (Lipinski definition) is 2. The van der Waals surface area contributed by atoms with Gasteiger partial charge in [0.25, 0.3) is 0 Å². The van der Waals surface area contributed by atoms with Gasteiger partial charge in [-0.05, 0) is 36.2 Å². The van der Waals surface area contributed by atoms with E-state index in [-0.39, 0.29) is 6.04 Å². The van der Waals surface area contributed by atoms with Crippen molar-refractivity contribution in [2.75, 3.05) is 0 Å². The molecular formula is C30H22N2S. The van der Waals surface area contributed by atoms with Crippen molar-refractivity contribution < 1.29 is 0 Å². The Morgan fingerprint density at radius 1 is 0.697 bits per heavy atom. The number of fused-ring (bicyclic) bond motifs is 6. The van der Waals surface area contributed by atoms with Gasteiger partial charge in [0, 0.05) is 48.3 Å². The summed E-state index contributed by atoms with van der Waals surface area (Å²) in [5.74, 6) is 0. The molecular weight excluding hydrogens is 420 g/mol. The van der Waals surface area contributed by atoms with Gasteiger partial charge in [-0.1, -0.05) is 78.9 Å². The Morgan fingerprint density at radius 3 is 2.09 bits per heavy atom. The van der Waals surface area contributed by atoms with Crippen molar-refractivity contribution in [1.29, 1.82) is 0 Å². The van der Waals surface area contributed by atoms with Crippen molar-refractivity contribution in [3.63, 3.8) is 0 Å². The summed E-state index contributed by atoms with van der Waals surface area (Å²) in [6.07, 6.45) is 5.42. The monoisotopic (exact) mass is 442 g/mol. The molecule has 1 aliphatic rings. The lowest BCUT2D eigenvalue weighted by Gasteiger charge is -2.23. The van der Waals surface area contributed by atoms with Crippen molar-refractivity contribution in [2.45, 2.75) is 12.5 Å². The van der Waals surface area contributed by atoms with Gasteiger partial charge in [-0.3, -0.25) is 0 Å². The molecule has 6 aromatic rings. The second kappa shape index (κ2) is 7.17. The molecule has 0 saturated heterocycles. The molecule has 1 aliphatic carbocycles. The van der Waals surface area contributed by atoms with E-state index in [9.17, 15) is 0 Å². The van der Waals surface area contributed by atoms with Gasteiger partial charge in [0.1, 0.15) is 0 Å². The van der Waals surface area contributed by atoms with Crippen LogP contribution in [-0.2, 0) is 0 Å². The molecule has 2 nitrogen and oxygen atoms in total. The van der Waals surface area contributed by atoms with Crippen LogP contribution in [0.4, 0.5) is 0 Å². The second-order valence-corrected chi connectivity index (χ2v) is 9.80. The van der Waals surface area contributed by atoms with E-state index in [1.165, 1.54) is 58.8 Å². The highest BCUT2D eigenvalue weighted by molar-refractivity contribution is 7.25. The third-order valence-corrected chi connectivity index (χ3v) is 7.89. The molecule has 2 aromatic heterocycles. The number of para-hydroxylation sites is 2. The predicted octanol–water partition coefficient (Wildman–Crippen LogP) is 7.82. The normalized spacial score (nSPS) is 16.6. The third kappa shape index (κ3) is 2.76. The smallest absolute Gasteiger partial charge is 0.0541 e. The Labute approximate surface area is 195 Å². The minimum absolute atomic E-state index is 0.0111. The van der Waals surface area contributed by atoms with Crippen molar-refractivity contribution in [1.82, 2.24) is 4.57 Å². The highest BCUT2D eigenvalue weighted by Crippen LogP contribution is 2.44. The average molecular weight is 443 g/mol. The summed E-state index contributed by atoms with van der Waals surface area (Å²) in [5.41, 5.74) is 12.7. The van der Waals surface area contributed by atoms with Crippen LogP contribution in [0.3, 0.4) is 0 Å². The molecule has 0 aliphatic heterocycles. The molecule has 0 radical (unpaired) electrons. The Bertz CT molecular complexity index is 1710. The molecule has 1 atom stereocenters. The van der Waals surface area contributed by atoms with Gasteiger partial charge in [0.05, 0.1) is 11.0 Å². The number of hydrogen-bond donors (Lipinski definition) is 1. The SMILES string of the molecule is NC1C=C(c2cccc3sc4ccccc4c23)C(n2c3ccccc3c3ccccc32)=CC1. The van der Waals surface area contributed by atoms with Crippen LogP contribution in [0, 0.1) is 0 Å². The zero-order valence-corrected chi connectivity index (χ0v) is 18.8. The average Bonchev–Trinajstić information content (AvgIpc) is 3.40. The van der Waals surface area contributed by atoms with E-state index < -0.39 is 0 Å². The summed E-state index contributed by atoms with van der Waals surface area (Å²) in [4.78, 5) is 0. The van der Waals surface area contributed by atoms with Crippen LogP contribution in [0.25, 0.3) is 53.2 Å². The van der Waals surface area contributed by atoms with Crippen molar-refractivity contribution >= 4 is 64.6 Å². The molecule has 0 fully saturated rings. The van der Waals surface area contributed by atoms with Crippen LogP contribution < -0.4 is 5.73 Å². The maximum Gasteiger partial charge on any atom is 0.0541 e. The molecule has 33 heavy (non-hydrogen) atoms. The highest BCUT2D eigenvalue weighted by Gasteiger charge is 2.23. The Hall–Kier alpha value is -3.66. The maximum absolute atomic E-state index is 6.51. The lowest BCUT2D eigenvalue weighted by molar-refractivity contribution is 0.826. The van der Waals surface area contributed by atoms with Gasteiger partial charge in [-0.25, -0.2) is 0 Å². The van der Waals surface area contributed by atoms with E-state index in [4.69, 9.17) is 5.73 Å². The van der Waals surface area contributed by atoms with Gasteiger partial charge < -0.3 is 10.3 Å². The first-order valence-corrected chi connectivity index (χ1v) is 12.2. The fraction of sp³-hybridized carbons (Fsp3) is 0.0667. The number of nitrogens with zero attached hydrogens (tertiary/aromatic N) is 1. The molecule has 0 amide bonds. The van der Waals surface area contributed by atoms with Crippen LogP contribution in [0.5, 0.6) is 0 Å². The Morgan fingerprint density at radius 2 is 1.33 bits per heavy atom. The molecule has 0 saturated carbocycles. The minimum atomic E-state index is 0.0111. The second-order valence-electron chi connectivity index (χ2n) is 8.72. The Kier molecular flexibility index (Phi) is 4.10. The van der Waals surface area contributed by atoms with Crippen molar-refractivity contribution in [3.05, 3.63) is 109 Å². The van der Waals surface area contributed by atoms with E-state index in [1.807, 2.05) is 11.3 Å². The van der Waals surface area contributed by atoms with Crippen LogP contribution in [0.2, 0.25) is 0 Å². The van der Waals surface area contributed by atoms with E-state index in [0.29, 0.717) is 0 Å². The topological polar surface area (TPSA) is 30.9 Å². The Balaban J connectivity index is 1.56. The summed E-state index contributed by atoms with van der Waals surface area (Å²) in [7, 11) is 0. The number of aromatic nitrogens is 1. The van der Waals surface area contributed by atoms with Crippen LogP contribution in [0.1, 0.15) is 12.0 Å². The first kappa shape index (κ1) is 18.9. The summed E-state index contributed by atoms with van der Waals surface area (Å²) < 4.78 is 5.06. The summed E-state index contributed by atoms with van der Waals surface area (Å²) >= 11 is 1.86. The van der Waals surface area contributed by atoms with Gasteiger partial charge in [0.15, 0.2) is 0 Å². The first-order chi connectivity index (χ1) is 16.3. The molecule has 0 bridgehead atoms. The molecule has 2 heterocycles. The van der Waals surface area contributed by atoms with Crippen LogP contribution in [0.15, 0.2) is 103 Å². The minimum Gasteiger partial charge on any atom is -0.324 e. The first-order valence-electron chi connectivity index (χ1n) is 11.4. The van der Waals surface area contributed by atoms with E-state index in [1.54, 1.807) is 0 Å². The standard InChI is InChI=1S/C30H22N2S/c31-19-16-17-27(32-25-12-4-1-8-20(25)21-9-2-5-13-26(21)32)24(18-19)22-11-7-15-29-30(22)23-10-3-6-14-28(23)33-29/h1-15,17-19H,16,31H2. The van der Waals surface area contributed by atoms with Gasteiger partial charge >= 0.3 is 0 Å². The number of rotatable bonds is 2. The fourth-order valence-corrected chi connectivity index (χ4v) is 6.48. The molecule has 7 rings (SSSR count). The summed E-state index contributed by atoms with van der Waals surface area (Å²) in [6, 6.07) is 32.8. The summed E-state index contributed by atoms with van der Waals surface area (Å²) in [6.45, 7) is 0. The van der Waals surface area contributed by atoms with E-state index in [0.717, 1.165) is 6.42 Å². The zero-order valence-electron chi connectivity index (χ0n) is 18.0. The third-order valence-electron chi connectivity index (χ3n) is 6.75. The molecule has 3 heteroatoms. The summed E-state index contributed by atoms with van der Waals surface area (Å²) in [5, 5.41) is 5.20. The quantitative estimate of drug-likeness (QED) is 0.291. The lowest BCUT2D eigenvalue weighted by atomic mass is 9.91. The molecule has 2 N–H and O–H groups in total. The molecule has 1 unspecified atom stereocenters. The molecule has 4 aromatic carbocycles. The van der Waals surface area contributed by atoms with Crippen LogP contribution in [-0.4, -0.2) is 10.6 Å². The number of nitrogens with two attached hydrogens (primary N) is 1. The maximum atomic E-state index is 6.51. The predicted molar refractivity (Wildman–Crippen MR) is 144 cm³/mol. The molecule has 158 valence electrons. The van der Waals surface area contributed by atoms with Gasteiger partial charge in [0.2, 0.25) is 0 Å². The number of allylic oxidation sites excluding steroid dienone is 2. The van der Waals surface area contributed by atoms with Crippen LogP contribution >= 0.6 is 11.3 Å². The zero-order chi connectivity index (χ0) is 21.9. The number of benzene rings is 4.